The SMILES string of the molecule is CC1(CNC2CC(c3cccc(F)c3)C2)CCCC1. The van der Waals surface area contributed by atoms with E-state index < -0.39 is 0 Å². The van der Waals surface area contributed by atoms with E-state index in [4.69, 9.17) is 0 Å². The molecule has 1 N–H and O–H groups in total. The second kappa shape index (κ2) is 5.24. The zero-order chi connectivity index (χ0) is 13.3. The summed E-state index contributed by atoms with van der Waals surface area (Å²) in [6, 6.07) is 7.75. The van der Waals surface area contributed by atoms with Crippen molar-refractivity contribution >= 4 is 0 Å². The minimum atomic E-state index is -0.104. The van der Waals surface area contributed by atoms with Crippen LogP contribution in [0.1, 0.15) is 56.9 Å². The minimum absolute atomic E-state index is 0.104. The summed E-state index contributed by atoms with van der Waals surface area (Å²) in [6.45, 7) is 3.57. The van der Waals surface area contributed by atoms with Crippen LogP contribution in [0, 0.1) is 11.2 Å². The molecule has 2 aliphatic rings. The lowest BCUT2D eigenvalue weighted by Gasteiger charge is -2.38. The lowest BCUT2D eigenvalue weighted by Crippen LogP contribution is -2.44. The fourth-order valence-electron chi connectivity index (χ4n) is 3.61. The molecule has 0 amide bonds. The van der Waals surface area contributed by atoms with Gasteiger partial charge in [-0.15, -0.1) is 0 Å². The maximum atomic E-state index is 13.2. The Morgan fingerprint density at radius 1 is 1.26 bits per heavy atom. The van der Waals surface area contributed by atoms with Gasteiger partial charge in [0.2, 0.25) is 0 Å². The molecule has 0 aliphatic heterocycles. The summed E-state index contributed by atoms with van der Waals surface area (Å²) in [7, 11) is 0. The Balaban J connectivity index is 1.45. The van der Waals surface area contributed by atoms with E-state index in [1.165, 1.54) is 50.2 Å². The second-order valence-corrected chi connectivity index (χ2v) is 6.82. The van der Waals surface area contributed by atoms with Gasteiger partial charge in [0, 0.05) is 12.6 Å². The van der Waals surface area contributed by atoms with Gasteiger partial charge in [-0.25, -0.2) is 4.39 Å². The van der Waals surface area contributed by atoms with Crippen LogP contribution in [0.4, 0.5) is 4.39 Å². The van der Waals surface area contributed by atoms with E-state index in [2.05, 4.69) is 18.3 Å². The van der Waals surface area contributed by atoms with Gasteiger partial charge in [-0.1, -0.05) is 31.9 Å². The molecule has 2 fully saturated rings. The first kappa shape index (κ1) is 13.1. The Morgan fingerprint density at radius 3 is 2.68 bits per heavy atom. The van der Waals surface area contributed by atoms with Crippen LogP contribution in [0.3, 0.4) is 0 Å². The van der Waals surface area contributed by atoms with E-state index in [-0.39, 0.29) is 5.82 Å². The summed E-state index contributed by atoms with van der Waals surface area (Å²) in [5, 5.41) is 3.72. The van der Waals surface area contributed by atoms with Crippen LogP contribution in [0.2, 0.25) is 0 Å². The van der Waals surface area contributed by atoms with Gasteiger partial charge in [0.05, 0.1) is 0 Å². The highest BCUT2D eigenvalue weighted by atomic mass is 19.1. The number of benzene rings is 1. The van der Waals surface area contributed by atoms with E-state index in [1.807, 2.05) is 6.07 Å². The molecular formula is C17H24FN. The van der Waals surface area contributed by atoms with Crippen molar-refractivity contribution in [2.24, 2.45) is 5.41 Å². The van der Waals surface area contributed by atoms with Crippen molar-refractivity contribution in [3.8, 4) is 0 Å². The van der Waals surface area contributed by atoms with Crippen molar-refractivity contribution in [1.82, 2.24) is 5.32 Å². The third-order valence-corrected chi connectivity index (χ3v) is 5.09. The largest absolute Gasteiger partial charge is 0.313 e. The Hall–Kier alpha value is -0.890. The highest BCUT2D eigenvalue weighted by Crippen LogP contribution is 2.40. The molecule has 0 aromatic heterocycles. The predicted octanol–water partition coefficient (Wildman–Crippen LogP) is 4.24. The topological polar surface area (TPSA) is 12.0 Å². The zero-order valence-corrected chi connectivity index (χ0v) is 11.8. The van der Waals surface area contributed by atoms with E-state index >= 15 is 0 Å². The quantitative estimate of drug-likeness (QED) is 0.854. The van der Waals surface area contributed by atoms with Crippen molar-refractivity contribution in [3.63, 3.8) is 0 Å². The molecule has 1 aromatic rings. The standard InChI is InChI=1S/C17H24FN/c1-17(7-2-3-8-17)12-19-16-10-14(11-16)13-5-4-6-15(18)9-13/h4-6,9,14,16,19H,2-3,7-8,10-12H2,1H3. The fraction of sp³-hybridized carbons (Fsp3) is 0.647. The van der Waals surface area contributed by atoms with Crippen molar-refractivity contribution in [2.45, 2.75) is 57.4 Å². The molecule has 0 heterocycles. The molecule has 0 bridgehead atoms. The van der Waals surface area contributed by atoms with E-state index in [0.29, 0.717) is 17.4 Å². The first-order valence-corrected chi connectivity index (χ1v) is 7.63. The Labute approximate surface area is 115 Å². The molecule has 2 saturated carbocycles. The molecule has 0 spiro atoms. The van der Waals surface area contributed by atoms with Gasteiger partial charge >= 0.3 is 0 Å². The normalized spacial score (nSPS) is 29.2. The Morgan fingerprint density at radius 2 is 2.00 bits per heavy atom. The smallest absolute Gasteiger partial charge is 0.123 e. The minimum Gasteiger partial charge on any atom is -0.313 e. The van der Waals surface area contributed by atoms with Gasteiger partial charge in [0.25, 0.3) is 0 Å². The first-order valence-electron chi connectivity index (χ1n) is 7.63. The molecule has 0 saturated heterocycles. The summed E-state index contributed by atoms with van der Waals surface area (Å²) in [6.07, 6.45) is 7.88. The molecule has 104 valence electrons. The number of hydrogen-bond acceptors (Lipinski definition) is 1. The average Bonchev–Trinajstić information content (AvgIpc) is 2.74. The molecule has 3 rings (SSSR count). The Bertz CT molecular complexity index is 431. The van der Waals surface area contributed by atoms with Gasteiger partial charge in [-0.05, 0) is 54.7 Å². The van der Waals surface area contributed by atoms with Gasteiger partial charge in [0.15, 0.2) is 0 Å². The summed E-state index contributed by atoms with van der Waals surface area (Å²) < 4.78 is 13.2. The lowest BCUT2D eigenvalue weighted by atomic mass is 9.75. The molecule has 0 unspecified atom stereocenters. The number of halogens is 1. The van der Waals surface area contributed by atoms with Gasteiger partial charge in [-0.3, -0.25) is 0 Å². The molecule has 1 aromatic carbocycles. The monoisotopic (exact) mass is 261 g/mol. The third-order valence-electron chi connectivity index (χ3n) is 5.09. The van der Waals surface area contributed by atoms with Crippen LogP contribution in [0.15, 0.2) is 24.3 Å². The number of rotatable bonds is 4. The van der Waals surface area contributed by atoms with Crippen LogP contribution >= 0.6 is 0 Å². The first-order chi connectivity index (χ1) is 9.15. The summed E-state index contributed by atoms with van der Waals surface area (Å²) in [4.78, 5) is 0. The molecule has 0 radical (unpaired) electrons. The maximum absolute atomic E-state index is 13.2. The van der Waals surface area contributed by atoms with Crippen LogP contribution in [0.5, 0.6) is 0 Å². The maximum Gasteiger partial charge on any atom is 0.123 e. The molecule has 1 nitrogen and oxygen atoms in total. The average molecular weight is 261 g/mol. The summed E-state index contributed by atoms with van der Waals surface area (Å²) in [5.74, 6) is 0.456. The molecular weight excluding hydrogens is 237 g/mol. The van der Waals surface area contributed by atoms with Crippen LogP contribution < -0.4 is 5.32 Å². The van der Waals surface area contributed by atoms with Gasteiger partial charge in [0.1, 0.15) is 5.82 Å². The van der Waals surface area contributed by atoms with E-state index in [0.717, 1.165) is 6.54 Å². The fourth-order valence-corrected chi connectivity index (χ4v) is 3.61. The molecule has 0 atom stereocenters. The van der Waals surface area contributed by atoms with Crippen molar-refractivity contribution in [3.05, 3.63) is 35.6 Å². The van der Waals surface area contributed by atoms with Crippen molar-refractivity contribution in [1.29, 1.82) is 0 Å². The molecule has 2 heteroatoms. The summed E-state index contributed by atoms with van der Waals surface area (Å²) >= 11 is 0. The van der Waals surface area contributed by atoms with Crippen LogP contribution in [0.25, 0.3) is 0 Å². The van der Waals surface area contributed by atoms with E-state index in [1.54, 1.807) is 6.07 Å². The second-order valence-electron chi connectivity index (χ2n) is 6.82. The predicted molar refractivity (Wildman–Crippen MR) is 76.7 cm³/mol. The zero-order valence-electron chi connectivity index (χ0n) is 11.8. The Kier molecular flexibility index (Phi) is 3.62. The van der Waals surface area contributed by atoms with Crippen LogP contribution in [-0.4, -0.2) is 12.6 Å². The number of hydrogen-bond donors (Lipinski definition) is 1. The van der Waals surface area contributed by atoms with Crippen LogP contribution in [-0.2, 0) is 0 Å². The van der Waals surface area contributed by atoms with Gasteiger partial charge in [-0.2, -0.15) is 0 Å². The third kappa shape index (κ3) is 3.00. The van der Waals surface area contributed by atoms with Crippen molar-refractivity contribution in [2.75, 3.05) is 6.54 Å². The molecule has 19 heavy (non-hydrogen) atoms. The highest BCUT2D eigenvalue weighted by Gasteiger charge is 2.33. The van der Waals surface area contributed by atoms with Crippen molar-refractivity contribution < 1.29 is 4.39 Å². The lowest BCUT2D eigenvalue weighted by molar-refractivity contribution is 0.234. The highest BCUT2D eigenvalue weighted by molar-refractivity contribution is 5.23. The summed E-state index contributed by atoms with van der Waals surface area (Å²) in [5.41, 5.74) is 1.70. The molecule has 2 aliphatic carbocycles. The van der Waals surface area contributed by atoms with Gasteiger partial charge < -0.3 is 5.32 Å². The number of nitrogens with one attached hydrogen (secondary N) is 1. The van der Waals surface area contributed by atoms with E-state index in [9.17, 15) is 4.39 Å².